The molecule has 0 bridgehead atoms. The van der Waals surface area contributed by atoms with Gasteiger partial charge in [-0.1, -0.05) is 6.07 Å². The summed E-state index contributed by atoms with van der Waals surface area (Å²) in [6.45, 7) is 0. The Bertz CT molecular complexity index is 536. The van der Waals surface area contributed by atoms with Gasteiger partial charge in [-0.2, -0.15) is 0 Å². The van der Waals surface area contributed by atoms with E-state index in [1.54, 1.807) is 24.5 Å². The monoisotopic (exact) mass is 229 g/mol. The smallest absolute Gasteiger partial charge is 0.229 e. The van der Waals surface area contributed by atoms with Gasteiger partial charge in [-0.3, -0.25) is 9.78 Å². The van der Waals surface area contributed by atoms with E-state index in [0.29, 0.717) is 18.4 Å². The largest absolute Gasteiger partial charge is 0.543 e. The molecule has 2 aliphatic heterocycles. The van der Waals surface area contributed by atoms with Crippen LogP contribution in [0.4, 0.5) is 0 Å². The SMILES string of the molecule is O=C([O-])C1=C(c2cccnc2)CC2CC(=O)N12. The van der Waals surface area contributed by atoms with Crippen molar-refractivity contribution < 1.29 is 14.7 Å². The summed E-state index contributed by atoms with van der Waals surface area (Å²) in [5, 5.41) is 11.1. The van der Waals surface area contributed by atoms with Gasteiger partial charge in [0.2, 0.25) is 5.91 Å². The summed E-state index contributed by atoms with van der Waals surface area (Å²) < 4.78 is 0. The standard InChI is InChI=1S/C12H10N2O3/c15-10-5-8-4-9(7-2-1-3-13-6-7)11(12(16)17)14(8)10/h1-3,6,8H,4-5H2,(H,16,17)/p-1. The van der Waals surface area contributed by atoms with Gasteiger partial charge >= 0.3 is 0 Å². The van der Waals surface area contributed by atoms with Crippen LogP contribution in [0, 0.1) is 0 Å². The molecule has 1 amide bonds. The van der Waals surface area contributed by atoms with E-state index in [-0.39, 0.29) is 17.6 Å². The van der Waals surface area contributed by atoms with Crippen molar-refractivity contribution >= 4 is 17.4 Å². The second-order valence-corrected chi connectivity index (χ2v) is 4.18. The number of pyridine rings is 1. The highest BCUT2D eigenvalue weighted by Crippen LogP contribution is 2.42. The number of hydrogen-bond donors (Lipinski definition) is 0. The highest BCUT2D eigenvalue weighted by atomic mass is 16.4. The minimum atomic E-state index is -1.29. The molecule has 1 saturated heterocycles. The zero-order valence-corrected chi connectivity index (χ0v) is 8.92. The maximum atomic E-state index is 11.4. The molecule has 0 aromatic carbocycles. The number of aliphatic carboxylic acids is 1. The average molecular weight is 229 g/mol. The molecule has 0 radical (unpaired) electrons. The maximum Gasteiger partial charge on any atom is 0.229 e. The third kappa shape index (κ3) is 1.35. The molecule has 3 rings (SSSR count). The zero-order chi connectivity index (χ0) is 12.0. The number of carbonyl (C=O) groups excluding carboxylic acids is 2. The lowest BCUT2D eigenvalue weighted by molar-refractivity contribution is -0.301. The number of amides is 1. The van der Waals surface area contributed by atoms with E-state index in [0.717, 1.165) is 5.56 Å². The summed E-state index contributed by atoms with van der Waals surface area (Å²) in [6.07, 6.45) is 4.22. The quantitative estimate of drug-likeness (QED) is 0.644. The summed E-state index contributed by atoms with van der Waals surface area (Å²) in [7, 11) is 0. The predicted octanol–water partition coefficient (Wildman–Crippen LogP) is -0.453. The number of hydrogen-bond acceptors (Lipinski definition) is 4. The van der Waals surface area contributed by atoms with Gasteiger partial charge in [0, 0.05) is 24.9 Å². The third-order valence-corrected chi connectivity index (χ3v) is 3.21. The van der Waals surface area contributed by atoms with Gasteiger partial charge in [0.05, 0.1) is 11.7 Å². The van der Waals surface area contributed by atoms with E-state index in [2.05, 4.69) is 4.98 Å². The van der Waals surface area contributed by atoms with E-state index in [9.17, 15) is 14.7 Å². The van der Waals surface area contributed by atoms with Crippen LogP contribution in [0.25, 0.3) is 5.57 Å². The first kappa shape index (κ1) is 10.0. The minimum Gasteiger partial charge on any atom is -0.543 e. The number of carbonyl (C=O) groups is 2. The van der Waals surface area contributed by atoms with E-state index in [1.807, 2.05) is 0 Å². The highest BCUT2D eigenvalue weighted by molar-refractivity contribution is 6.04. The lowest BCUT2D eigenvalue weighted by Crippen LogP contribution is -2.51. The molecule has 2 aliphatic rings. The van der Waals surface area contributed by atoms with E-state index in [1.165, 1.54) is 4.90 Å². The Morgan fingerprint density at radius 2 is 2.29 bits per heavy atom. The van der Waals surface area contributed by atoms with Gasteiger partial charge in [0.1, 0.15) is 0 Å². The molecule has 5 heteroatoms. The van der Waals surface area contributed by atoms with Gasteiger partial charge in [-0.15, -0.1) is 0 Å². The van der Waals surface area contributed by atoms with Gasteiger partial charge in [-0.25, -0.2) is 0 Å². The molecular formula is C12H9N2O3-. The lowest BCUT2D eigenvalue weighted by atomic mass is 9.98. The van der Waals surface area contributed by atoms with Gasteiger partial charge in [-0.05, 0) is 23.6 Å². The number of fused-ring (bicyclic) bond motifs is 1. The molecule has 1 atom stereocenters. The number of nitrogens with zero attached hydrogens (tertiary/aromatic N) is 2. The van der Waals surface area contributed by atoms with Crippen molar-refractivity contribution in [2.24, 2.45) is 0 Å². The van der Waals surface area contributed by atoms with Crippen molar-refractivity contribution in [3.63, 3.8) is 0 Å². The van der Waals surface area contributed by atoms with Crippen LogP contribution in [0.5, 0.6) is 0 Å². The summed E-state index contributed by atoms with van der Waals surface area (Å²) >= 11 is 0. The maximum absolute atomic E-state index is 11.4. The fourth-order valence-corrected chi connectivity index (χ4v) is 2.45. The summed E-state index contributed by atoms with van der Waals surface area (Å²) in [4.78, 5) is 27.8. The van der Waals surface area contributed by atoms with Crippen molar-refractivity contribution in [3.8, 4) is 0 Å². The summed E-state index contributed by atoms with van der Waals surface area (Å²) in [6, 6.07) is 3.53. The topological polar surface area (TPSA) is 73.3 Å². The van der Waals surface area contributed by atoms with Crippen molar-refractivity contribution in [2.45, 2.75) is 18.9 Å². The third-order valence-electron chi connectivity index (χ3n) is 3.21. The van der Waals surface area contributed by atoms with E-state index in [4.69, 9.17) is 0 Å². The molecule has 0 spiro atoms. The van der Waals surface area contributed by atoms with Crippen molar-refractivity contribution in [3.05, 3.63) is 35.8 Å². The Morgan fingerprint density at radius 3 is 2.88 bits per heavy atom. The molecular weight excluding hydrogens is 220 g/mol. The molecule has 86 valence electrons. The molecule has 1 fully saturated rings. The predicted molar refractivity (Wildman–Crippen MR) is 56.0 cm³/mol. The second kappa shape index (κ2) is 3.41. The highest BCUT2D eigenvalue weighted by Gasteiger charge is 2.45. The number of aromatic nitrogens is 1. The van der Waals surface area contributed by atoms with Crippen molar-refractivity contribution in [1.29, 1.82) is 0 Å². The number of carboxylic acids is 1. The first-order valence-corrected chi connectivity index (χ1v) is 5.35. The Balaban J connectivity index is 2.10. The number of β-lactam (4-membered cyclic amide) rings is 1. The first-order chi connectivity index (χ1) is 8.18. The summed E-state index contributed by atoms with van der Waals surface area (Å²) in [5.74, 6) is -1.44. The van der Waals surface area contributed by atoms with Gasteiger partial charge in [0.15, 0.2) is 0 Å². The van der Waals surface area contributed by atoms with E-state index < -0.39 is 5.97 Å². The minimum absolute atomic E-state index is 0.00870. The van der Waals surface area contributed by atoms with Crippen molar-refractivity contribution in [2.75, 3.05) is 0 Å². The molecule has 1 aromatic rings. The Kier molecular flexibility index (Phi) is 2.01. The molecule has 1 aromatic heterocycles. The van der Waals surface area contributed by atoms with Crippen LogP contribution in [-0.2, 0) is 9.59 Å². The van der Waals surface area contributed by atoms with Gasteiger partial charge < -0.3 is 14.8 Å². The second-order valence-electron chi connectivity index (χ2n) is 4.18. The fourth-order valence-electron chi connectivity index (χ4n) is 2.45. The lowest BCUT2D eigenvalue weighted by Gasteiger charge is -2.36. The molecule has 5 nitrogen and oxygen atoms in total. The average Bonchev–Trinajstić information content (AvgIpc) is 2.63. The zero-order valence-electron chi connectivity index (χ0n) is 8.92. The summed E-state index contributed by atoms with van der Waals surface area (Å²) in [5.41, 5.74) is 1.40. The molecule has 0 saturated carbocycles. The molecule has 0 N–H and O–H groups in total. The Morgan fingerprint density at radius 1 is 1.47 bits per heavy atom. The van der Waals surface area contributed by atoms with Crippen LogP contribution in [-0.4, -0.2) is 27.8 Å². The van der Waals surface area contributed by atoms with Crippen LogP contribution >= 0.6 is 0 Å². The number of rotatable bonds is 2. The van der Waals surface area contributed by atoms with Crippen LogP contribution in [0.3, 0.4) is 0 Å². The van der Waals surface area contributed by atoms with Crippen molar-refractivity contribution in [1.82, 2.24) is 9.88 Å². The molecule has 17 heavy (non-hydrogen) atoms. The molecule has 3 heterocycles. The Labute approximate surface area is 97.4 Å². The molecule has 1 unspecified atom stereocenters. The normalized spacial score (nSPS) is 22.5. The van der Waals surface area contributed by atoms with Crippen LogP contribution in [0.15, 0.2) is 30.2 Å². The van der Waals surface area contributed by atoms with Crippen LogP contribution < -0.4 is 5.11 Å². The Hall–Kier alpha value is -2.17. The molecule has 0 aliphatic carbocycles. The van der Waals surface area contributed by atoms with Crippen LogP contribution in [0.2, 0.25) is 0 Å². The number of carboxylic acid groups (broad SMARTS) is 1. The first-order valence-electron chi connectivity index (χ1n) is 5.35. The fraction of sp³-hybridized carbons (Fsp3) is 0.250. The van der Waals surface area contributed by atoms with Crippen LogP contribution in [0.1, 0.15) is 18.4 Å². The van der Waals surface area contributed by atoms with Gasteiger partial charge in [0.25, 0.3) is 0 Å². The van der Waals surface area contributed by atoms with E-state index >= 15 is 0 Å².